The fourth-order valence-corrected chi connectivity index (χ4v) is 1.79. The topological polar surface area (TPSA) is 64.9 Å². The molecule has 0 saturated heterocycles. The Morgan fingerprint density at radius 3 is 2.72 bits per heavy atom. The van der Waals surface area contributed by atoms with Gasteiger partial charge < -0.3 is 10.1 Å². The lowest BCUT2D eigenvalue weighted by Gasteiger charge is -2.14. The third kappa shape index (κ3) is 2.84. The second-order valence-electron chi connectivity index (χ2n) is 4.07. The Hall–Kier alpha value is -1.95. The third-order valence-corrected chi connectivity index (χ3v) is 2.77. The first-order valence-corrected chi connectivity index (χ1v) is 5.75. The molecular weight excluding hydrogens is 230 g/mol. The average molecular weight is 247 g/mol. The summed E-state index contributed by atoms with van der Waals surface area (Å²) < 4.78 is 6.79. The molecule has 0 aliphatic rings. The number of likely N-dealkylation sites (N-methyl/N-ethyl adjacent to an activating group) is 1. The lowest BCUT2D eigenvalue weighted by atomic mass is 10.1. The lowest BCUT2D eigenvalue weighted by Crippen LogP contribution is -2.20. The van der Waals surface area contributed by atoms with Crippen molar-refractivity contribution in [2.24, 2.45) is 7.05 Å². The van der Waals surface area contributed by atoms with Gasteiger partial charge in [0.25, 0.3) is 0 Å². The highest BCUT2D eigenvalue weighted by atomic mass is 16.5. The maximum Gasteiger partial charge on any atom is 0.233 e. The van der Waals surface area contributed by atoms with Crippen LogP contribution in [0.4, 0.5) is 0 Å². The van der Waals surface area contributed by atoms with Crippen LogP contribution < -0.4 is 10.1 Å². The van der Waals surface area contributed by atoms with Crippen molar-refractivity contribution in [1.82, 2.24) is 25.3 Å². The van der Waals surface area contributed by atoms with Crippen molar-refractivity contribution in [3.05, 3.63) is 35.8 Å². The number of hydrogen-bond acceptors (Lipinski definition) is 5. The van der Waals surface area contributed by atoms with Gasteiger partial charge in [0, 0.05) is 19.3 Å². The largest absolute Gasteiger partial charge is 0.480 e. The van der Waals surface area contributed by atoms with Gasteiger partial charge >= 0.3 is 0 Å². The summed E-state index contributed by atoms with van der Waals surface area (Å²) in [5.74, 6) is 0.523. The highest BCUT2D eigenvalue weighted by Gasteiger charge is 2.13. The van der Waals surface area contributed by atoms with E-state index in [0.29, 0.717) is 5.88 Å². The first kappa shape index (κ1) is 12.5. The molecule has 0 aliphatic carbocycles. The van der Waals surface area contributed by atoms with E-state index in [-0.39, 0.29) is 6.04 Å². The van der Waals surface area contributed by atoms with Crippen molar-refractivity contribution in [3.8, 4) is 5.88 Å². The van der Waals surface area contributed by atoms with Crippen LogP contribution in [0.25, 0.3) is 0 Å². The molecular formula is C12H17N5O. The lowest BCUT2D eigenvalue weighted by molar-refractivity contribution is 0.389. The summed E-state index contributed by atoms with van der Waals surface area (Å²) in [6.07, 6.45) is 4.69. The maximum atomic E-state index is 5.00. The molecule has 2 aromatic heterocycles. The second kappa shape index (κ2) is 5.59. The van der Waals surface area contributed by atoms with E-state index in [2.05, 4.69) is 20.6 Å². The van der Waals surface area contributed by atoms with Gasteiger partial charge in [-0.3, -0.25) is 4.68 Å². The van der Waals surface area contributed by atoms with Gasteiger partial charge in [-0.2, -0.15) is 10.2 Å². The van der Waals surface area contributed by atoms with E-state index in [1.165, 1.54) is 0 Å². The van der Waals surface area contributed by atoms with Crippen LogP contribution in [0.15, 0.2) is 24.5 Å². The second-order valence-corrected chi connectivity index (χ2v) is 4.07. The first-order valence-electron chi connectivity index (χ1n) is 5.75. The van der Waals surface area contributed by atoms with Crippen LogP contribution in [0.5, 0.6) is 5.88 Å². The van der Waals surface area contributed by atoms with Gasteiger partial charge in [0.05, 0.1) is 25.0 Å². The summed E-state index contributed by atoms with van der Waals surface area (Å²) in [5.41, 5.74) is 2.05. The maximum absolute atomic E-state index is 5.00. The normalized spacial score (nSPS) is 12.4. The van der Waals surface area contributed by atoms with Gasteiger partial charge in [0.2, 0.25) is 5.88 Å². The molecule has 0 aromatic carbocycles. The van der Waals surface area contributed by atoms with Crippen molar-refractivity contribution in [2.45, 2.75) is 12.5 Å². The molecule has 0 fully saturated rings. The Balaban J connectivity index is 2.12. The van der Waals surface area contributed by atoms with Crippen molar-refractivity contribution < 1.29 is 4.74 Å². The van der Waals surface area contributed by atoms with E-state index < -0.39 is 0 Å². The number of nitrogens with zero attached hydrogens (tertiary/aromatic N) is 4. The summed E-state index contributed by atoms with van der Waals surface area (Å²) in [5, 5.41) is 15.5. The molecule has 18 heavy (non-hydrogen) atoms. The Morgan fingerprint density at radius 2 is 2.22 bits per heavy atom. The standard InChI is InChI=1S/C12H17N5O/c1-13-11(6-9-7-14-17(2)8-9)10-4-5-12(18-3)16-15-10/h4-5,7-8,11,13H,6H2,1-3H3. The smallest absolute Gasteiger partial charge is 0.233 e. The molecule has 2 heterocycles. The Labute approximate surface area is 106 Å². The number of methoxy groups -OCH3 is 1. The molecule has 2 rings (SSSR count). The number of rotatable bonds is 5. The molecule has 1 atom stereocenters. The Kier molecular flexibility index (Phi) is 3.88. The number of ether oxygens (including phenoxy) is 1. The molecule has 0 saturated carbocycles. The van der Waals surface area contributed by atoms with Crippen LogP contribution in [-0.2, 0) is 13.5 Å². The van der Waals surface area contributed by atoms with Gasteiger partial charge in [-0.15, -0.1) is 5.10 Å². The van der Waals surface area contributed by atoms with Crippen LogP contribution in [0.3, 0.4) is 0 Å². The quantitative estimate of drug-likeness (QED) is 0.843. The zero-order valence-electron chi connectivity index (χ0n) is 10.8. The number of hydrogen-bond donors (Lipinski definition) is 1. The Morgan fingerprint density at radius 1 is 1.39 bits per heavy atom. The van der Waals surface area contributed by atoms with Crippen molar-refractivity contribution in [2.75, 3.05) is 14.2 Å². The molecule has 0 amide bonds. The van der Waals surface area contributed by atoms with Gasteiger partial charge in [0.15, 0.2) is 0 Å². The number of aryl methyl sites for hydroxylation is 1. The molecule has 6 heteroatoms. The van der Waals surface area contributed by atoms with Gasteiger partial charge in [-0.25, -0.2) is 0 Å². The first-order chi connectivity index (χ1) is 8.72. The predicted molar refractivity (Wildman–Crippen MR) is 67.3 cm³/mol. The fraction of sp³-hybridized carbons (Fsp3) is 0.417. The van der Waals surface area contributed by atoms with E-state index in [9.17, 15) is 0 Å². The third-order valence-electron chi connectivity index (χ3n) is 2.77. The van der Waals surface area contributed by atoms with Crippen LogP contribution >= 0.6 is 0 Å². The molecule has 0 radical (unpaired) electrons. The molecule has 0 aliphatic heterocycles. The molecule has 1 N–H and O–H groups in total. The highest BCUT2D eigenvalue weighted by Crippen LogP contribution is 2.16. The van der Waals surface area contributed by atoms with Crippen LogP contribution in [0.1, 0.15) is 17.3 Å². The zero-order chi connectivity index (χ0) is 13.0. The molecule has 96 valence electrons. The summed E-state index contributed by atoms with van der Waals surface area (Å²) in [6, 6.07) is 3.85. The molecule has 1 unspecified atom stereocenters. The van der Waals surface area contributed by atoms with E-state index in [1.54, 1.807) is 11.8 Å². The van der Waals surface area contributed by atoms with Gasteiger partial charge in [-0.05, 0) is 25.1 Å². The fourth-order valence-electron chi connectivity index (χ4n) is 1.79. The zero-order valence-corrected chi connectivity index (χ0v) is 10.8. The molecule has 6 nitrogen and oxygen atoms in total. The van der Waals surface area contributed by atoms with Crippen LogP contribution in [0, 0.1) is 0 Å². The SMILES string of the molecule is CNC(Cc1cnn(C)c1)c1ccc(OC)nn1. The molecule has 0 bridgehead atoms. The minimum atomic E-state index is 0.118. The van der Waals surface area contributed by atoms with Crippen molar-refractivity contribution in [1.29, 1.82) is 0 Å². The van der Waals surface area contributed by atoms with Crippen LogP contribution in [0.2, 0.25) is 0 Å². The van der Waals surface area contributed by atoms with Crippen molar-refractivity contribution >= 4 is 0 Å². The minimum absolute atomic E-state index is 0.118. The number of nitrogens with one attached hydrogen (secondary N) is 1. The average Bonchev–Trinajstić information content (AvgIpc) is 2.82. The molecule has 2 aromatic rings. The Bertz CT molecular complexity index is 493. The minimum Gasteiger partial charge on any atom is -0.480 e. The van der Waals surface area contributed by atoms with Crippen molar-refractivity contribution in [3.63, 3.8) is 0 Å². The summed E-state index contributed by atoms with van der Waals surface area (Å²) in [4.78, 5) is 0. The predicted octanol–water partition coefficient (Wildman–Crippen LogP) is 0.722. The summed E-state index contributed by atoms with van der Waals surface area (Å²) >= 11 is 0. The number of aromatic nitrogens is 4. The summed E-state index contributed by atoms with van der Waals surface area (Å²) in [7, 11) is 5.40. The molecule has 0 spiro atoms. The monoisotopic (exact) mass is 247 g/mol. The van der Waals surface area contributed by atoms with Gasteiger partial charge in [0.1, 0.15) is 0 Å². The van der Waals surface area contributed by atoms with E-state index in [4.69, 9.17) is 4.74 Å². The van der Waals surface area contributed by atoms with Gasteiger partial charge in [-0.1, -0.05) is 0 Å². The summed E-state index contributed by atoms with van der Waals surface area (Å²) in [6.45, 7) is 0. The van der Waals surface area contributed by atoms with Crippen LogP contribution in [-0.4, -0.2) is 34.1 Å². The van der Waals surface area contributed by atoms with E-state index >= 15 is 0 Å². The van der Waals surface area contributed by atoms with E-state index in [0.717, 1.165) is 17.7 Å². The highest BCUT2D eigenvalue weighted by molar-refractivity contribution is 5.17. The van der Waals surface area contributed by atoms with E-state index in [1.807, 2.05) is 38.6 Å².